The van der Waals surface area contributed by atoms with Crippen molar-refractivity contribution < 1.29 is 32.5 Å². The Balaban J connectivity index is 1.82. The van der Waals surface area contributed by atoms with E-state index in [-0.39, 0.29) is 13.2 Å². The van der Waals surface area contributed by atoms with Crippen LogP contribution in [0, 0.1) is 0 Å². The van der Waals surface area contributed by atoms with Crippen LogP contribution in [-0.4, -0.2) is 49.4 Å². The number of hydrogen-bond acceptors (Lipinski definition) is 5. The van der Waals surface area contributed by atoms with Crippen molar-refractivity contribution in [1.29, 1.82) is 0 Å². The fourth-order valence-electron chi connectivity index (χ4n) is 2.61. The number of halogens is 3. The number of aliphatic hydroxyl groups excluding tert-OH is 1. The molecule has 0 saturated heterocycles. The molecule has 2 aromatic rings. The molecule has 0 heterocycles. The van der Waals surface area contributed by atoms with Gasteiger partial charge in [0.05, 0.1) is 18.2 Å². The Bertz CT molecular complexity index is 778. The van der Waals surface area contributed by atoms with Gasteiger partial charge in [-0.1, -0.05) is 18.2 Å². The Labute approximate surface area is 161 Å². The molecule has 0 aliphatic rings. The van der Waals surface area contributed by atoms with Gasteiger partial charge in [0.25, 0.3) is 0 Å². The second-order valence-electron chi connectivity index (χ2n) is 6.38. The summed E-state index contributed by atoms with van der Waals surface area (Å²) in [5.41, 5.74) is 0.352. The average Bonchev–Trinajstić information content (AvgIpc) is 2.65. The van der Waals surface area contributed by atoms with E-state index in [2.05, 4.69) is 4.74 Å². The molecule has 0 spiro atoms. The van der Waals surface area contributed by atoms with E-state index < -0.39 is 23.8 Å². The lowest BCUT2D eigenvalue weighted by Crippen LogP contribution is -2.32. The first-order valence-electron chi connectivity index (χ1n) is 8.53. The molecule has 0 aliphatic heterocycles. The van der Waals surface area contributed by atoms with Crippen LogP contribution < -0.4 is 4.74 Å². The van der Waals surface area contributed by atoms with E-state index >= 15 is 0 Å². The fourth-order valence-corrected chi connectivity index (χ4v) is 2.61. The van der Waals surface area contributed by atoms with Crippen molar-refractivity contribution in [3.8, 4) is 5.75 Å². The highest BCUT2D eigenvalue weighted by Gasteiger charge is 2.29. The minimum absolute atomic E-state index is 0.00196. The summed E-state index contributed by atoms with van der Waals surface area (Å²) in [6.07, 6.45) is -5.18. The van der Waals surface area contributed by atoms with Crippen LogP contribution in [-0.2, 0) is 17.5 Å². The van der Waals surface area contributed by atoms with Crippen molar-refractivity contribution in [2.45, 2.75) is 18.8 Å². The Morgan fingerprint density at radius 1 is 1.18 bits per heavy atom. The van der Waals surface area contributed by atoms with Crippen LogP contribution in [0.4, 0.5) is 13.2 Å². The van der Waals surface area contributed by atoms with Crippen LogP contribution in [0.25, 0.3) is 0 Å². The van der Waals surface area contributed by atoms with E-state index in [1.54, 1.807) is 30.1 Å². The number of esters is 1. The lowest BCUT2D eigenvalue weighted by atomic mass is 10.1. The van der Waals surface area contributed by atoms with E-state index in [1.165, 1.54) is 25.3 Å². The van der Waals surface area contributed by atoms with Crippen LogP contribution in [0.3, 0.4) is 0 Å². The van der Waals surface area contributed by atoms with Gasteiger partial charge in [0.1, 0.15) is 18.5 Å². The van der Waals surface area contributed by atoms with Crippen LogP contribution in [0.15, 0.2) is 48.5 Å². The van der Waals surface area contributed by atoms with Gasteiger partial charge in [-0.15, -0.1) is 0 Å². The number of aliphatic hydroxyl groups is 1. The lowest BCUT2D eigenvalue weighted by Gasteiger charge is -2.21. The summed E-state index contributed by atoms with van der Waals surface area (Å²) in [7, 11) is 3.03. The van der Waals surface area contributed by atoms with Crippen LogP contribution in [0.2, 0.25) is 0 Å². The van der Waals surface area contributed by atoms with Gasteiger partial charge in [-0.3, -0.25) is 4.90 Å². The highest BCUT2D eigenvalue weighted by molar-refractivity contribution is 5.89. The standard InChI is InChI=1S/C20H22F3NO4/c1-24(11-14-6-8-16(9-7-14)20(21,22)23)12-17(25)13-28-18-5-3-4-15(10-18)19(26)27-2/h3-10,17,25H,11-13H2,1-2H3/t17-/m0/s1. The molecule has 28 heavy (non-hydrogen) atoms. The summed E-state index contributed by atoms with van der Waals surface area (Å²) in [5, 5.41) is 10.1. The molecular formula is C20H22F3NO4. The first kappa shape index (κ1) is 21.7. The Morgan fingerprint density at radius 3 is 2.46 bits per heavy atom. The number of benzene rings is 2. The molecule has 0 unspecified atom stereocenters. The normalized spacial score (nSPS) is 12.7. The molecule has 0 amide bonds. The van der Waals surface area contributed by atoms with Gasteiger partial charge in [-0.25, -0.2) is 4.79 Å². The highest BCUT2D eigenvalue weighted by Crippen LogP contribution is 2.29. The predicted molar refractivity (Wildman–Crippen MR) is 97.1 cm³/mol. The van der Waals surface area contributed by atoms with Crippen molar-refractivity contribution in [2.24, 2.45) is 0 Å². The van der Waals surface area contributed by atoms with Crippen LogP contribution >= 0.6 is 0 Å². The van der Waals surface area contributed by atoms with Gasteiger partial charge >= 0.3 is 12.1 Å². The van der Waals surface area contributed by atoms with E-state index in [0.717, 1.165) is 12.1 Å². The maximum absolute atomic E-state index is 12.6. The molecule has 0 aromatic heterocycles. The van der Waals surface area contributed by atoms with Gasteiger partial charge < -0.3 is 14.6 Å². The number of carbonyl (C=O) groups excluding carboxylic acids is 1. The molecule has 0 bridgehead atoms. The number of carbonyl (C=O) groups is 1. The van der Waals surface area contributed by atoms with Gasteiger partial charge in [-0.05, 0) is 42.9 Å². The van der Waals surface area contributed by atoms with Crippen molar-refractivity contribution in [3.05, 3.63) is 65.2 Å². The fraction of sp³-hybridized carbons (Fsp3) is 0.350. The summed E-state index contributed by atoms with van der Waals surface area (Å²) >= 11 is 0. The number of nitrogens with zero attached hydrogens (tertiary/aromatic N) is 1. The lowest BCUT2D eigenvalue weighted by molar-refractivity contribution is -0.137. The number of ether oxygens (including phenoxy) is 2. The number of hydrogen-bond donors (Lipinski definition) is 1. The average molecular weight is 397 g/mol. The van der Waals surface area contributed by atoms with Crippen LogP contribution in [0.1, 0.15) is 21.5 Å². The molecule has 0 saturated carbocycles. The summed E-state index contributed by atoms with van der Waals surface area (Å²) in [6.45, 7) is 0.646. The zero-order valence-electron chi connectivity index (χ0n) is 15.6. The molecule has 152 valence electrons. The monoisotopic (exact) mass is 397 g/mol. The third-order valence-electron chi connectivity index (χ3n) is 3.95. The highest BCUT2D eigenvalue weighted by atomic mass is 19.4. The summed E-state index contributed by atoms with van der Waals surface area (Å²) in [6, 6.07) is 11.3. The zero-order valence-corrected chi connectivity index (χ0v) is 15.6. The maximum Gasteiger partial charge on any atom is 0.416 e. The molecule has 0 fully saturated rings. The molecule has 8 heteroatoms. The predicted octanol–water partition coefficient (Wildman–Crippen LogP) is 3.36. The molecular weight excluding hydrogens is 375 g/mol. The number of alkyl halides is 3. The quantitative estimate of drug-likeness (QED) is 0.693. The molecule has 5 nitrogen and oxygen atoms in total. The third kappa shape index (κ3) is 6.54. The van der Waals surface area contributed by atoms with Crippen molar-refractivity contribution in [3.63, 3.8) is 0 Å². The van der Waals surface area contributed by atoms with Gasteiger partial charge in [0.2, 0.25) is 0 Å². The van der Waals surface area contributed by atoms with E-state index in [0.29, 0.717) is 23.4 Å². The molecule has 0 radical (unpaired) electrons. The van der Waals surface area contributed by atoms with Crippen LogP contribution in [0.5, 0.6) is 5.75 Å². The maximum atomic E-state index is 12.6. The summed E-state index contributed by atoms with van der Waals surface area (Å²) in [4.78, 5) is 13.3. The minimum atomic E-state index is -4.36. The van der Waals surface area contributed by atoms with Gasteiger partial charge in [-0.2, -0.15) is 13.2 Å². The van der Waals surface area contributed by atoms with E-state index in [9.17, 15) is 23.1 Å². The molecule has 2 aromatic carbocycles. The van der Waals surface area contributed by atoms with Gasteiger partial charge in [0.15, 0.2) is 0 Å². The number of rotatable bonds is 8. The second-order valence-corrected chi connectivity index (χ2v) is 6.38. The zero-order chi connectivity index (χ0) is 20.7. The Kier molecular flexibility index (Phi) is 7.42. The number of likely N-dealkylation sites (N-methyl/N-ethyl adjacent to an activating group) is 1. The van der Waals surface area contributed by atoms with E-state index in [4.69, 9.17) is 4.74 Å². The minimum Gasteiger partial charge on any atom is -0.491 e. The Hall–Kier alpha value is -2.58. The SMILES string of the molecule is COC(=O)c1cccc(OC[C@@H](O)CN(C)Cc2ccc(C(F)(F)F)cc2)c1. The topological polar surface area (TPSA) is 59.0 Å². The molecule has 1 atom stereocenters. The number of methoxy groups -OCH3 is 1. The van der Waals surface area contributed by atoms with Crippen molar-refractivity contribution in [1.82, 2.24) is 4.90 Å². The smallest absolute Gasteiger partial charge is 0.416 e. The first-order valence-corrected chi connectivity index (χ1v) is 8.53. The molecule has 0 aliphatic carbocycles. The van der Waals surface area contributed by atoms with Crippen molar-refractivity contribution in [2.75, 3.05) is 27.3 Å². The largest absolute Gasteiger partial charge is 0.491 e. The Morgan fingerprint density at radius 2 is 1.86 bits per heavy atom. The molecule has 1 N–H and O–H groups in total. The van der Waals surface area contributed by atoms with Crippen molar-refractivity contribution >= 4 is 5.97 Å². The second kappa shape index (κ2) is 9.57. The van der Waals surface area contributed by atoms with E-state index in [1.807, 2.05) is 0 Å². The summed E-state index contributed by atoms with van der Waals surface area (Å²) < 4.78 is 47.9. The first-order chi connectivity index (χ1) is 13.2. The van der Waals surface area contributed by atoms with Gasteiger partial charge in [0, 0.05) is 13.1 Å². The summed E-state index contributed by atoms with van der Waals surface area (Å²) in [5.74, 6) is -0.0605. The third-order valence-corrected chi connectivity index (χ3v) is 3.95. The molecule has 2 rings (SSSR count).